The number of likely N-dealkylation sites (N-methyl/N-ethyl adjacent to an activating group) is 1. The Hall–Kier alpha value is -2.05. The number of nitrogens with zero attached hydrogens (tertiary/aromatic N) is 3. The molecule has 1 atom stereocenters. The van der Waals surface area contributed by atoms with Gasteiger partial charge in [-0.1, -0.05) is 32.0 Å². The summed E-state index contributed by atoms with van der Waals surface area (Å²) >= 11 is 0. The maximum atomic E-state index is 4.38. The number of hydrogen-bond donors (Lipinski definition) is 3. The maximum absolute atomic E-state index is 4.38. The minimum Gasteiger partial charge on any atom is -0.361 e. The third-order valence-electron chi connectivity index (χ3n) is 5.69. The Morgan fingerprint density at radius 1 is 1.14 bits per heavy atom. The zero-order valence-corrected chi connectivity index (χ0v) is 17.7. The summed E-state index contributed by atoms with van der Waals surface area (Å²) in [5.74, 6) is 1.49. The molecule has 0 radical (unpaired) electrons. The lowest BCUT2D eigenvalue weighted by molar-refractivity contribution is 0.124. The fourth-order valence-electron chi connectivity index (χ4n) is 3.94. The largest absolute Gasteiger partial charge is 0.361 e. The number of aromatic amines is 1. The summed E-state index contributed by atoms with van der Waals surface area (Å²) in [7, 11) is 1.84. The van der Waals surface area contributed by atoms with E-state index in [0.29, 0.717) is 5.92 Å². The molecule has 3 rings (SSSR count). The lowest BCUT2D eigenvalue weighted by Crippen LogP contribution is -2.48. The molecule has 2 heterocycles. The van der Waals surface area contributed by atoms with Gasteiger partial charge in [-0.05, 0) is 30.5 Å². The monoisotopic (exact) mass is 384 g/mol. The molecule has 1 unspecified atom stereocenters. The standard InChI is InChI=1S/C22H36N6/c1-4-27-11-13-28(14-12-27)17-18(2)15-26-22(23-3)24-10-9-19-16-25-21-8-6-5-7-20(19)21/h5-8,16,18,25H,4,9-15,17H2,1-3H3,(H2,23,24,26). The van der Waals surface area contributed by atoms with Crippen LogP contribution >= 0.6 is 0 Å². The number of aromatic nitrogens is 1. The lowest BCUT2D eigenvalue weighted by Gasteiger charge is -2.35. The smallest absolute Gasteiger partial charge is 0.190 e. The Kier molecular flexibility index (Phi) is 7.74. The molecule has 1 fully saturated rings. The molecule has 0 amide bonds. The van der Waals surface area contributed by atoms with Crippen LogP contribution in [0.1, 0.15) is 19.4 Å². The Labute approximate surface area is 169 Å². The van der Waals surface area contributed by atoms with Gasteiger partial charge in [-0.2, -0.15) is 0 Å². The molecule has 1 saturated heterocycles. The highest BCUT2D eigenvalue weighted by molar-refractivity contribution is 5.83. The fourth-order valence-corrected chi connectivity index (χ4v) is 3.94. The van der Waals surface area contributed by atoms with E-state index in [4.69, 9.17) is 0 Å². The summed E-state index contributed by atoms with van der Waals surface area (Å²) in [6.45, 7) is 13.5. The Morgan fingerprint density at radius 3 is 2.64 bits per heavy atom. The number of benzene rings is 1. The van der Waals surface area contributed by atoms with Crippen LogP contribution in [0.2, 0.25) is 0 Å². The van der Waals surface area contributed by atoms with Crippen molar-refractivity contribution in [1.29, 1.82) is 0 Å². The van der Waals surface area contributed by atoms with Gasteiger partial charge in [-0.15, -0.1) is 0 Å². The van der Waals surface area contributed by atoms with Gasteiger partial charge < -0.3 is 25.4 Å². The predicted octanol–water partition coefficient (Wildman–Crippen LogP) is 2.15. The van der Waals surface area contributed by atoms with Crippen molar-refractivity contribution in [2.24, 2.45) is 10.9 Å². The van der Waals surface area contributed by atoms with E-state index in [1.807, 2.05) is 7.05 Å². The first kappa shape index (κ1) is 20.7. The van der Waals surface area contributed by atoms with Crippen LogP contribution in [-0.2, 0) is 6.42 Å². The summed E-state index contributed by atoms with van der Waals surface area (Å²) in [5.41, 5.74) is 2.55. The van der Waals surface area contributed by atoms with E-state index in [9.17, 15) is 0 Å². The van der Waals surface area contributed by atoms with Gasteiger partial charge in [0.2, 0.25) is 0 Å². The van der Waals surface area contributed by atoms with Crippen LogP contribution in [0.5, 0.6) is 0 Å². The SMILES string of the molecule is CCN1CCN(CC(C)CNC(=NC)NCCc2c[nH]c3ccccc23)CC1. The molecule has 1 aromatic heterocycles. The van der Waals surface area contributed by atoms with Gasteiger partial charge in [0.05, 0.1) is 0 Å². The first-order valence-corrected chi connectivity index (χ1v) is 10.6. The minimum atomic E-state index is 0.598. The van der Waals surface area contributed by atoms with Crippen LogP contribution in [-0.4, -0.2) is 80.1 Å². The van der Waals surface area contributed by atoms with Gasteiger partial charge >= 0.3 is 0 Å². The summed E-state index contributed by atoms with van der Waals surface area (Å²) < 4.78 is 0. The molecule has 3 N–H and O–H groups in total. The van der Waals surface area contributed by atoms with Crippen molar-refractivity contribution in [1.82, 2.24) is 25.4 Å². The van der Waals surface area contributed by atoms with E-state index < -0.39 is 0 Å². The highest BCUT2D eigenvalue weighted by Gasteiger charge is 2.17. The second kappa shape index (κ2) is 10.5. The van der Waals surface area contributed by atoms with Crippen LogP contribution in [0.15, 0.2) is 35.5 Å². The topological polar surface area (TPSA) is 58.7 Å². The highest BCUT2D eigenvalue weighted by atomic mass is 15.3. The van der Waals surface area contributed by atoms with E-state index in [-0.39, 0.29) is 0 Å². The lowest BCUT2D eigenvalue weighted by atomic mass is 10.1. The Bertz CT molecular complexity index is 744. The number of hydrogen-bond acceptors (Lipinski definition) is 3. The van der Waals surface area contributed by atoms with Gasteiger partial charge in [-0.3, -0.25) is 4.99 Å². The van der Waals surface area contributed by atoms with E-state index in [0.717, 1.165) is 32.0 Å². The van der Waals surface area contributed by atoms with Crippen molar-refractivity contribution in [2.75, 3.05) is 59.4 Å². The number of fused-ring (bicyclic) bond motifs is 1. The van der Waals surface area contributed by atoms with Crippen molar-refractivity contribution < 1.29 is 0 Å². The van der Waals surface area contributed by atoms with Crippen LogP contribution in [0.4, 0.5) is 0 Å². The Morgan fingerprint density at radius 2 is 1.89 bits per heavy atom. The first-order chi connectivity index (χ1) is 13.7. The third kappa shape index (κ3) is 5.72. The average molecular weight is 385 g/mol. The summed E-state index contributed by atoms with van der Waals surface area (Å²) in [6.07, 6.45) is 3.09. The van der Waals surface area contributed by atoms with Crippen molar-refractivity contribution in [3.8, 4) is 0 Å². The second-order valence-corrected chi connectivity index (χ2v) is 7.83. The van der Waals surface area contributed by atoms with Crippen LogP contribution < -0.4 is 10.6 Å². The number of H-pyrrole nitrogens is 1. The quantitative estimate of drug-likeness (QED) is 0.482. The molecule has 28 heavy (non-hydrogen) atoms. The number of aliphatic imine (C=N–C) groups is 1. The van der Waals surface area contributed by atoms with Gasteiger partial charge in [0.1, 0.15) is 0 Å². The summed E-state index contributed by atoms with van der Waals surface area (Å²) in [6, 6.07) is 8.46. The van der Waals surface area contributed by atoms with Crippen LogP contribution in [0.3, 0.4) is 0 Å². The van der Waals surface area contributed by atoms with E-state index in [1.54, 1.807) is 0 Å². The minimum absolute atomic E-state index is 0.598. The molecule has 0 saturated carbocycles. The molecule has 6 heteroatoms. The van der Waals surface area contributed by atoms with Crippen molar-refractivity contribution in [3.63, 3.8) is 0 Å². The molecule has 1 aromatic carbocycles. The van der Waals surface area contributed by atoms with Crippen molar-refractivity contribution in [3.05, 3.63) is 36.0 Å². The normalized spacial score (nSPS) is 17.8. The average Bonchev–Trinajstić information content (AvgIpc) is 3.14. The molecule has 6 nitrogen and oxygen atoms in total. The zero-order chi connectivity index (χ0) is 19.8. The molecular weight excluding hydrogens is 348 g/mol. The first-order valence-electron chi connectivity index (χ1n) is 10.6. The maximum Gasteiger partial charge on any atom is 0.190 e. The van der Waals surface area contributed by atoms with E-state index in [2.05, 4.69) is 74.7 Å². The van der Waals surface area contributed by atoms with Crippen LogP contribution in [0.25, 0.3) is 10.9 Å². The van der Waals surface area contributed by atoms with Gasteiger partial charge in [-0.25, -0.2) is 0 Å². The van der Waals surface area contributed by atoms with E-state index >= 15 is 0 Å². The van der Waals surface area contributed by atoms with Crippen LogP contribution in [0, 0.1) is 5.92 Å². The molecule has 0 bridgehead atoms. The molecule has 2 aromatic rings. The zero-order valence-electron chi connectivity index (χ0n) is 17.7. The summed E-state index contributed by atoms with van der Waals surface area (Å²) in [4.78, 5) is 12.8. The third-order valence-corrected chi connectivity index (χ3v) is 5.69. The molecule has 0 spiro atoms. The number of rotatable bonds is 8. The number of para-hydroxylation sites is 1. The highest BCUT2D eigenvalue weighted by Crippen LogP contribution is 2.17. The number of nitrogens with one attached hydrogen (secondary N) is 3. The molecule has 154 valence electrons. The number of piperazine rings is 1. The molecular formula is C22H36N6. The van der Waals surface area contributed by atoms with Gasteiger partial charge in [0.15, 0.2) is 5.96 Å². The molecule has 1 aliphatic rings. The van der Waals surface area contributed by atoms with Crippen molar-refractivity contribution in [2.45, 2.75) is 20.3 Å². The second-order valence-electron chi connectivity index (χ2n) is 7.83. The number of guanidine groups is 1. The predicted molar refractivity (Wildman–Crippen MR) is 119 cm³/mol. The van der Waals surface area contributed by atoms with Gasteiger partial charge in [0.25, 0.3) is 0 Å². The Balaban J connectivity index is 1.36. The molecule has 1 aliphatic heterocycles. The molecule has 0 aliphatic carbocycles. The fraction of sp³-hybridized carbons (Fsp3) is 0.591. The van der Waals surface area contributed by atoms with Gasteiger partial charge in [0, 0.05) is 70.0 Å². The van der Waals surface area contributed by atoms with E-state index in [1.165, 1.54) is 49.2 Å². The summed E-state index contributed by atoms with van der Waals surface area (Å²) in [5, 5.41) is 8.25. The van der Waals surface area contributed by atoms with Crippen molar-refractivity contribution >= 4 is 16.9 Å².